The molecule has 172 valence electrons. The summed E-state index contributed by atoms with van der Waals surface area (Å²) in [6.45, 7) is 4.12. The Labute approximate surface area is 189 Å². The molecule has 0 unspecified atom stereocenters. The molecule has 8 nitrogen and oxygen atoms in total. The molecule has 2 aromatic rings. The minimum absolute atomic E-state index is 0.219. The van der Waals surface area contributed by atoms with Gasteiger partial charge in [0, 0.05) is 39.4 Å². The topological polar surface area (TPSA) is 89.0 Å². The number of nitrogens with zero attached hydrogens (tertiary/aromatic N) is 3. The molecule has 9 heteroatoms. The zero-order valence-corrected chi connectivity index (χ0v) is 19.1. The fraction of sp³-hybridized carbons (Fsp3) is 0.478. The van der Waals surface area contributed by atoms with Crippen LogP contribution >= 0.6 is 0 Å². The maximum Gasteiger partial charge on any atom is 0.227 e. The SMILES string of the molecule is CC(=O)C1(S(=O)(=O)N2CCN(c3ccc(OCc4ccccc4)cn3)CC2)CCOCC1. The van der Waals surface area contributed by atoms with E-state index in [1.54, 1.807) is 6.20 Å². The van der Waals surface area contributed by atoms with E-state index in [0.717, 1.165) is 11.4 Å². The fourth-order valence-corrected chi connectivity index (χ4v) is 6.47. The molecule has 2 aliphatic heterocycles. The average molecular weight is 460 g/mol. The van der Waals surface area contributed by atoms with E-state index in [1.165, 1.54) is 11.2 Å². The van der Waals surface area contributed by atoms with Gasteiger partial charge in [0.2, 0.25) is 10.0 Å². The molecule has 1 aromatic carbocycles. The van der Waals surface area contributed by atoms with Crippen molar-refractivity contribution < 1.29 is 22.7 Å². The van der Waals surface area contributed by atoms with Crippen LogP contribution in [0.25, 0.3) is 0 Å². The molecule has 0 N–H and O–H groups in total. The lowest BCUT2D eigenvalue weighted by Gasteiger charge is -2.41. The van der Waals surface area contributed by atoms with Crippen molar-refractivity contribution in [2.24, 2.45) is 0 Å². The molecule has 0 aliphatic carbocycles. The van der Waals surface area contributed by atoms with Crippen molar-refractivity contribution in [3.8, 4) is 5.75 Å². The van der Waals surface area contributed by atoms with Gasteiger partial charge < -0.3 is 14.4 Å². The first-order valence-corrected chi connectivity index (χ1v) is 12.3. The number of piperazine rings is 1. The lowest BCUT2D eigenvalue weighted by atomic mass is 9.95. The van der Waals surface area contributed by atoms with Crippen LogP contribution in [0.1, 0.15) is 25.3 Å². The minimum Gasteiger partial charge on any atom is -0.487 e. The van der Waals surface area contributed by atoms with Gasteiger partial charge in [0.15, 0.2) is 5.78 Å². The summed E-state index contributed by atoms with van der Waals surface area (Å²) in [6.07, 6.45) is 2.13. The van der Waals surface area contributed by atoms with E-state index < -0.39 is 14.8 Å². The molecular formula is C23H29N3O5S. The van der Waals surface area contributed by atoms with Gasteiger partial charge >= 0.3 is 0 Å². The molecule has 1 aromatic heterocycles. The number of hydrogen-bond donors (Lipinski definition) is 0. The summed E-state index contributed by atoms with van der Waals surface area (Å²) in [5.74, 6) is 1.17. The van der Waals surface area contributed by atoms with Gasteiger partial charge in [0.05, 0.1) is 6.20 Å². The van der Waals surface area contributed by atoms with Crippen LogP contribution in [0.3, 0.4) is 0 Å². The van der Waals surface area contributed by atoms with Crippen molar-refractivity contribution in [2.75, 3.05) is 44.3 Å². The van der Waals surface area contributed by atoms with Crippen LogP contribution in [0.15, 0.2) is 48.7 Å². The number of sulfonamides is 1. The number of carbonyl (C=O) groups is 1. The van der Waals surface area contributed by atoms with Crippen molar-refractivity contribution in [3.05, 3.63) is 54.2 Å². The van der Waals surface area contributed by atoms with E-state index in [1.807, 2.05) is 42.5 Å². The van der Waals surface area contributed by atoms with Crippen LogP contribution in [-0.4, -0.2) is 67.6 Å². The number of anilines is 1. The first kappa shape index (κ1) is 22.7. The highest BCUT2D eigenvalue weighted by Gasteiger charge is 2.52. The molecule has 3 heterocycles. The molecular weight excluding hydrogens is 430 g/mol. The van der Waals surface area contributed by atoms with Gasteiger partial charge in [-0.3, -0.25) is 4.79 Å². The Hall–Kier alpha value is -2.49. The number of benzene rings is 1. The molecule has 0 bridgehead atoms. The van der Waals surface area contributed by atoms with Gasteiger partial charge in [0.25, 0.3) is 0 Å². The Balaban J connectivity index is 1.36. The molecule has 0 radical (unpaired) electrons. The van der Waals surface area contributed by atoms with E-state index in [0.29, 0.717) is 51.7 Å². The summed E-state index contributed by atoms with van der Waals surface area (Å²) in [6, 6.07) is 13.7. The summed E-state index contributed by atoms with van der Waals surface area (Å²) in [4.78, 5) is 18.9. The van der Waals surface area contributed by atoms with Crippen molar-refractivity contribution in [1.82, 2.24) is 9.29 Å². The molecule has 0 saturated carbocycles. The van der Waals surface area contributed by atoms with Crippen molar-refractivity contribution >= 4 is 21.6 Å². The second-order valence-electron chi connectivity index (χ2n) is 8.18. The predicted molar refractivity (Wildman–Crippen MR) is 121 cm³/mol. The Kier molecular flexibility index (Phi) is 6.78. The van der Waals surface area contributed by atoms with E-state index in [2.05, 4.69) is 9.88 Å². The van der Waals surface area contributed by atoms with Gasteiger partial charge in [-0.2, -0.15) is 4.31 Å². The van der Waals surface area contributed by atoms with E-state index in [9.17, 15) is 13.2 Å². The number of rotatable bonds is 7. The summed E-state index contributed by atoms with van der Waals surface area (Å²) in [5.41, 5.74) is 1.08. The number of hydrogen-bond acceptors (Lipinski definition) is 7. The smallest absolute Gasteiger partial charge is 0.227 e. The predicted octanol–water partition coefficient (Wildman–Crippen LogP) is 2.25. The highest BCUT2D eigenvalue weighted by molar-refractivity contribution is 7.91. The van der Waals surface area contributed by atoms with Crippen molar-refractivity contribution in [2.45, 2.75) is 31.1 Å². The van der Waals surface area contributed by atoms with Gasteiger partial charge in [-0.15, -0.1) is 0 Å². The van der Waals surface area contributed by atoms with Crippen LogP contribution in [0.5, 0.6) is 5.75 Å². The zero-order chi connectivity index (χ0) is 22.6. The number of ketones is 1. The third-order valence-electron chi connectivity index (χ3n) is 6.31. The molecule has 0 amide bonds. The third-order valence-corrected chi connectivity index (χ3v) is 9.04. The lowest BCUT2D eigenvalue weighted by Crippen LogP contribution is -2.59. The number of ether oxygens (including phenoxy) is 2. The summed E-state index contributed by atoms with van der Waals surface area (Å²) in [5, 5.41) is 0. The van der Waals surface area contributed by atoms with Crippen molar-refractivity contribution in [3.63, 3.8) is 0 Å². The Morgan fingerprint density at radius 2 is 1.75 bits per heavy atom. The van der Waals surface area contributed by atoms with E-state index in [-0.39, 0.29) is 18.6 Å². The zero-order valence-electron chi connectivity index (χ0n) is 18.3. The maximum atomic E-state index is 13.4. The van der Waals surface area contributed by atoms with Crippen LogP contribution in [0.4, 0.5) is 5.82 Å². The van der Waals surface area contributed by atoms with Gasteiger partial charge in [0.1, 0.15) is 22.9 Å². The van der Waals surface area contributed by atoms with Gasteiger partial charge in [-0.05, 0) is 37.5 Å². The average Bonchev–Trinajstić information content (AvgIpc) is 2.84. The Bertz CT molecular complexity index is 1010. The first-order valence-electron chi connectivity index (χ1n) is 10.9. The number of carbonyl (C=O) groups excluding carboxylic acids is 1. The molecule has 2 fully saturated rings. The molecule has 2 saturated heterocycles. The number of pyridine rings is 1. The standard InChI is InChI=1S/C23H29N3O5S/c1-19(27)23(9-15-30-16-10-23)32(28,29)26-13-11-25(12-14-26)22-8-7-21(17-24-22)31-18-20-5-3-2-4-6-20/h2-8,17H,9-16,18H2,1H3. The number of Topliss-reactive ketones (excluding diaryl/α,β-unsaturated/α-hetero) is 1. The molecule has 4 rings (SSSR count). The quantitative estimate of drug-likeness (QED) is 0.627. The summed E-state index contributed by atoms with van der Waals surface area (Å²) in [7, 11) is -3.76. The normalized spacial score (nSPS) is 19.5. The van der Waals surface area contributed by atoms with Crippen LogP contribution in [-0.2, 0) is 26.2 Å². The first-order chi connectivity index (χ1) is 15.4. The van der Waals surface area contributed by atoms with E-state index >= 15 is 0 Å². The summed E-state index contributed by atoms with van der Waals surface area (Å²) < 4.78 is 38.0. The highest BCUT2D eigenvalue weighted by atomic mass is 32.2. The van der Waals surface area contributed by atoms with E-state index in [4.69, 9.17) is 9.47 Å². The van der Waals surface area contributed by atoms with Crippen molar-refractivity contribution in [1.29, 1.82) is 0 Å². The largest absolute Gasteiger partial charge is 0.487 e. The Morgan fingerprint density at radius 1 is 1.06 bits per heavy atom. The maximum absolute atomic E-state index is 13.4. The van der Waals surface area contributed by atoms with Crippen LogP contribution in [0, 0.1) is 0 Å². The van der Waals surface area contributed by atoms with Gasteiger partial charge in [-0.1, -0.05) is 30.3 Å². The summed E-state index contributed by atoms with van der Waals surface area (Å²) >= 11 is 0. The van der Waals surface area contributed by atoms with Crippen LogP contribution < -0.4 is 9.64 Å². The Morgan fingerprint density at radius 3 is 2.34 bits per heavy atom. The lowest BCUT2D eigenvalue weighted by molar-refractivity contribution is -0.122. The van der Waals surface area contributed by atoms with Crippen LogP contribution in [0.2, 0.25) is 0 Å². The van der Waals surface area contributed by atoms with Gasteiger partial charge in [-0.25, -0.2) is 13.4 Å². The monoisotopic (exact) mass is 459 g/mol. The molecule has 0 spiro atoms. The minimum atomic E-state index is -3.76. The molecule has 2 aliphatic rings. The second kappa shape index (κ2) is 9.56. The molecule has 0 atom stereocenters. The fourth-order valence-electron chi connectivity index (χ4n) is 4.28. The number of aromatic nitrogens is 1. The second-order valence-corrected chi connectivity index (χ2v) is 10.4. The third kappa shape index (κ3) is 4.51. The molecule has 32 heavy (non-hydrogen) atoms. The highest BCUT2D eigenvalue weighted by Crippen LogP contribution is 2.34.